The van der Waals surface area contributed by atoms with Gasteiger partial charge in [0.2, 0.25) is 15.9 Å². The molecule has 35 heavy (non-hydrogen) atoms. The lowest BCUT2D eigenvalue weighted by Gasteiger charge is -2.38. The van der Waals surface area contributed by atoms with Crippen molar-refractivity contribution in [3.05, 3.63) is 100 Å². The predicted molar refractivity (Wildman–Crippen MR) is 128 cm³/mol. The second kappa shape index (κ2) is 10.3. The van der Waals surface area contributed by atoms with Gasteiger partial charge in [-0.2, -0.15) is 4.31 Å². The molecule has 0 aromatic heterocycles. The monoisotopic (exact) mass is 498 g/mol. The number of nitrogens with one attached hydrogen (secondary N) is 1. The number of hydrogen-bond acceptors (Lipinski definition) is 6. The van der Waals surface area contributed by atoms with Crippen molar-refractivity contribution in [2.24, 2.45) is 0 Å². The molecular weight excluding hydrogens is 475 g/mol. The largest absolute Gasteiger partial charge is 0.324 e. The molecule has 0 aliphatic carbocycles. The number of carbonyl (C=O) groups is 1. The van der Waals surface area contributed by atoms with Crippen molar-refractivity contribution < 1.29 is 22.5 Å². The number of sulfonamides is 1. The molecule has 0 saturated carbocycles. The number of halogens is 1. The molecule has 1 N–H and O–H groups in total. The van der Waals surface area contributed by atoms with Crippen LogP contribution in [0.3, 0.4) is 0 Å². The van der Waals surface area contributed by atoms with Crippen molar-refractivity contribution in [1.29, 1.82) is 0 Å². The van der Waals surface area contributed by atoms with E-state index in [1.165, 1.54) is 46.8 Å². The molecule has 9 nitrogen and oxygen atoms in total. The summed E-state index contributed by atoms with van der Waals surface area (Å²) in [7, 11) is -3.94. The van der Waals surface area contributed by atoms with Gasteiger partial charge in [0, 0.05) is 44.0 Å². The number of anilines is 1. The average Bonchev–Trinajstić information content (AvgIpc) is 2.86. The van der Waals surface area contributed by atoms with Crippen molar-refractivity contribution in [1.82, 2.24) is 9.21 Å². The molecule has 0 radical (unpaired) electrons. The highest BCUT2D eigenvalue weighted by molar-refractivity contribution is 7.89. The van der Waals surface area contributed by atoms with Gasteiger partial charge in [-0.15, -0.1) is 0 Å². The van der Waals surface area contributed by atoms with Crippen LogP contribution in [0.25, 0.3) is 0 Å². The number of amides is 1. The Balaban J connectivity index is 1.52. The summed E-state index contributed by atoms with van der Waals surface area (Å²) in [6.45, 7) is 0.755. The summed E-state index contributed by atoms with van der Waals surface area (Å²) in [4.78, 5) is 25.4. The molecule has 1 fully saturated rings. The number of nitro benzene ring substituents is 1. The van der Waals surface area contributed by atoms with Gasteiger partial charge in [-0.25, -0.2) is 12.8 Å². The van der Waals surface area contributed by atoms with Crippen LogP contribution in [0, 0.1) is 15.9 Å². The van der Waals surface area contributed by atoms with Crippen LogP contribution in [0.1, 0.15) is 11.6 Å². The van der Waals surface area contributed by atoms with Gasteiger partial charge < -0.3 is 5.32 Å². The van der Waals surface area contributed by atoms with Crippen molar-refractivity contribution in [3.63, 3.8) is 0 Å². The van der Waals surface area contributed by atoms with Crippen LogP contribution in [0.4, 0.5) is 15.8 Å². The van der Waals surface area contributed by atoms with Crippen LogP contribution >= 0.6 is 0 Å². The molecule has 1 atom stereocenters. The molecule has 182 valence electrons. The fourth-order valence-corrected chi connectivity index (χ4v) is 5.48. The quantitative estimate of drug-likeness (QED) is 0.395. The molecule has 11 heteroatoms. The van der Waals surface area contributed by atoms with Crippen LogP contribution in [-0.4, -0.2) is 54.6 Å². The van der Waals surface area contributed by atoms with Gasteiger partial charge in [0.05, 0.1) is 9.82 Å². The number of carbonyl (C=O) groups excluding carboxylic acids is 1. The van der Waals surface area contributed by atoms with Gasteiger partial charge >= 0.3 is 0 Å². The lowest BCUT2D eigenvalue weighted by atomic mass is 10.0. The lowest BCUT2D eigenvalue weighted by Crippen LogP contribution is -2.51. The Labute approximate surface area is 202 Å². The fraction of sp³-hybridized carbons (Fsp3) is 0.208. The first-order valence-electron chi connectivity index (χ1n) is 10.9. The lowest BCUT2D eigenvalue weighted by molar-refractivity contribution is -0.385. The summed E-state index contributed by atoms with van der Waals surface area (Å²) in [6.07, 6.45) is 0. The maximum absolute atomic E-state index is 13.3. The fourth-order valence-electron chi connectivity index (χ4n) is 4.02. The molecular formula is C24H23FN4O5S. The molecule has 1 heterocycles. The highest BCUT2D eigenvalue weighted by atomic mass is 32.2. The smallest absolute Gasteiger partial charge is 0.270 e. The van der Waals surface area contributed by atoms with Gasteiger partial charge in [0.15, 0.2) is 0 Å². The average molecular weight is 499 g/mol. The number of non-ortho nitro benzene ring substituents is 1. The van der Waals surface area contributed by atoms with E-state index < -0.39 is 26.8 Å². The Bertz CT molecular complexity index is 1310. The van der Waals surface area contributed by atoms with E-state index in [-0.39, 0.29) is 42.7 Å². The summed E-state index contributed by atoms with van der Waals surface area (Å²) in [5.74, 6) is -0.735. The zero-order valence-electron chi connectivity index (χ0n) is 18.6. The topological polar surface area (TPSA) is 113 Å². The van der Waals surface area contributed by atoms with Gasteiger partial charge in [0.25, 0.3) is 5.69 Å². The summed E-state index contributed by atoms with van der Waals surface area (Å²) in [5, 5.41) is 13.9. The third kappa shape index (κ3) is 5.53. The standard InChI is InChI=1S/C24H23FN4O5S/c25-19-9-11-20(12-10-19)26-24(30)23(18-5-2-1-3-6-18)27-13-15-28(16-14-27)35(33,34)22-8-4-7-21(17-22)29(31)32/h1-12,17,23H,13-16H2,(H,26,30). The molecule has 1 aliphatic rings. The van der Waals surface area contributed by atoms with Crippen LogP contribution in [0.15, 0.2) is 83.8 Å². The van der Waals surface area contributed by atoms with Crippen molar-refractivity contribution in [2.75, 3.05) is 31.5 Å². The van der Waals surface area contributed by atoms with E-state index in [0.717, 1.165) is 11.6 Å². The predicted octanol–water partition coefficient (Wildman–Crippen LogP) is 3.42. The van der Waals surface area contributed by atoms with E-state index in [4.69, 9.17) is 0 Å². The van der Waals surface area contributed by atoms with Crippen LogP contribution in [0.2, 0.25) is 0 Å². The van der Waals surface area contributed by atoms with Crippen molar-refractivity contribution >= 4 is 27.3 Å². The summed E-state index contributed by atoms with van der Waals surface area (Å²) >= 11 is 0. The molecule has 0 spiro atoms. The van der Waals surface area contributed by atoms with Gasteiger partial charge in [-0.3, -0.25) is 19.8 Å². The maximum Gasteiger partial charge on any atom is 0.270 e. The van der Waals surface area contributed by atoms with E-state index >= 15 is 0 Å². The van der Waals surface area contributed by atoms with Crippen LogP contribution in [0.5, 0.6) is 0 Å². The van der Waals surface area contributed by atoms with E-state index in [2.05, 4.69) is 5.32 Å². The Morgan fingerprint density at radius 1 is 0.943 bits per heavy atom. The first-order valence-corrected chi connectivity index (χ1v) is 12.3. The summed E-state index contributed by atoms with van der Waals surface area (Å²) < 4.78 is 40.7. The van der Waals surface area contributed by atoms with Crippen LogP contribution < -0.4 is 5.32 Å². The van der Waals surface area contributed by atoms with Gasteiger partial charge in [-0.05, 0) is 35.9 Å². The van der Waals surface area contributed by atoms with Crippen molar-refractivity contribution in [2.45, 2.75) is 10.9 Å². The maximum atomic E-state index is 13.3. The second-order valence-corrected chi connectivity index (χ2v) is 9.94. The number of nitro groups is 1. The third-order valence-corrected chi connectivity index (χ3v) is 7.67. The van der Waals surface area contributed by atoms with Crippen LogP contribution in [-0.2, 0) is 14.8 Å². The number of piperazine rings is 1. The molecule has 1 unspecified atom stereocenters. The molecule has 1 amide bonds. The van der Waals surface area contributed by atoms with E-state index in [1.807, 2.05) is 35.2 Å². The van der Waals surface area contributed by atoms with E-state index in [9.17, 15) is 27.7 Å². The third-order valence-electron chi connectivity index (χ3n) is 5.78. The molecule has 1 aliphatic heterocycles. The number of hydrogen-bond donors (Lipinski definition) is 1. The first-order chi connectivity index (χ1) is 16.8. The van der Waals surface area contributed by atoms with Crippen molar-refractivity contribution in [3.8, 4) is 0 Å². The number of benzene rings is 3. The zero-order valence-corrected chi connectivity index (χ0v) is 19.4. The Morgan fingerprint density at radius 3 is 2.23 bits per heavy atom. The highest BCUT2D eigenvalue weighted by Gasteiger charge is 2.35. The summed E-state index contributed by atoms with van der Waals surface area (Å²) in [6, 6.07) is 18.8. The molecule has 0 bridgehead atoms. The van der Waals surface area contributed by atoms with Gasteiger partial charge in [-0.1, -0.05) is 36.4 Å². The second-order valence-electron chi connectivity index (χ2n) is 8.00. The van der Waals surface area contributed by atoms with E-state index in [0.29, 0.717) is 5.69 Å². The Hall–Kier alpha value is -3.67. The number of rotatable bonds is 7. The van der Waals surface area contributed by atoms with Gasteiger partial charge in [0.1, 0.15) is 11.9 Å². The minimum Gasteiger partial charge on any atom is -0.324 e. The normalized spacial score (nSPS) is 15.9. The minimum atomic E-state index is -3.94. The zero-order chi connectivity index (χ0) is 25.0. The summed E-state index contributed by atoms with van der Waals surface area (Å²) in [5.41, 5.74) is 0.887. The Morgan fingerprint density at radius 2 is 1.60 bits per heavy atom. The van der Waals surface area contributed by atoms with E-state index in [1.54, 1.807) is 0 Å². The highest BCUT2D eigenvalue weighted by Crippen LogP contribution is 2.27. The SMILES string of the molecule is O=C(Nc1ccc(F)cc1)C(c1ccccc1)N1CCN(S(=O)(=O)c2cccc([N+](=O)[O-])c2)CC1. The first kappa shape index (κ1) is 24.5. The minimum absolute atomic E-state index is 0.109. The number of nitrogens with zero attached hydrogens (tertiary/aromatic N) is 3. The molecule has 4 rings (SSSR count). The Kier molecular flexibility index (Phi) is 7.20. The molecule has 1 saturated heterocycles. The molecule has 3 aromatic carbocycles. The molecule has 3 aromatic rings.